The summed E-state index contributed by atoms with van der Waals surface area (Å²) >= 11 is 1.21. The summed E-state index contributed by atoms with van der Waals surface area (Å²) in [6.07, 6.45) is 2.05. The Labute approximate surface area is 126 Å². The summed E-state index contributed by atoms with van der Waals surface area (Å²) in [6, 6.07) is 5.48. The smallest absolute Gasteiger partial charge is 0.347 e. The highest BCUT2D eigenvalue weighted by Crippen LogP contribution is 2.44. The predicted octanol–water partition coefficient (Wildman–Crippen LogP) is 3.40. The van der Waals surface area contributed by atoms with Gasteiger partial charge in [-0.05, 0) is 31.0 Å². The predicted molar refractivity (Wildman–Crippen MR) is 79.6 cm³/mol. The van der Waals surface area contributed by atoms with Crippen molar-refractivity contribution in [3.8, 4) is 22.1 Å². The first kappa shape index (κ1) is 13.9. The Morgan fingerprint density at radius 3 is 2.57 bits per heavy atom. The number of aromatic carboxylic acids is 1. The van der Waals surface area contributed by atoms with Gasteiger partial charge in [-0.2, -0.15) is 0 Å². The van der Waals surface area contributed by atoms with Crippen LogP contribution in [0.5, 0.6) is 11.5 Å². The third-order valence-electron chi connectivity index (χ3n) is 3.44. The van der Waals surface area contributed by atoms with E-state index in [0.29, 0.717) is 27.3 Å². The number of hydrogen-bond acceptors (Lipinski definition) is 5. The van der Waals surface area contributed by atoms with E-state index in [1.54, 1.807) is 20.3 Å². The fraction of sp³-hybridized carbons (Fsp3) is 0.333. The molecule has 1 N–H and O–H groups in total. The van der Waals surface area contributed by atoms with Crippen molar-refractivity contribution in [2.75, 3.05) is 14.2 Å². The Morgan fingerprint density at radius 2 is 2.00 bits per heavy atom. The molecule has 0 amide bonds. The average molecular weight is 305 g/mol. The number of ether oxygens (including phenoxy) is 2. The van der Waals surface area contributed by atoms with Crippen LogP contribution in [0.1, 0.15) is 34.1 Å². The summed E-state index contributed by atoms with van der Waals surface area (Å²) in [5.74, 6) is 0.649. The monoisotopic (exact) mass is 305 g/mol. The highest BCUT2D eigenvalue weighted by atomic mass is 32.1. The van der Waals surface area contributed by atoms with E-state index >= 15 is 0 Å². The van der Waals surface area contributed by atoms with E-state index in [2.05, 4.69) is 4.98 Å². The van der Waals surface area contributed by atoms with Crippen molar-refractivity contribution in [3.63, 3.8) is 0 Å². The zero-order chi connectivity index (χ0) is 15.0. The third kappa shape index (κ3) is 2.58. The molecule has 5 nitrogen and oxygen atoms in total. The number of rotatable bonds is 5. The van der Waals surface area contributed by atoms with E-state index in [-0.39, 0.29) is 0 Å². The summed E-state index contributed by atoms with van der Waals surface area (Å²) in [6.45, 7) is 0. The number of carboxylic acids is 1. The van der Waals surface area contributed by atoms with Crippen molar-refractivity contribution < 1.29 is 19.4 Å². The van der Waals surface area contributed by atoms with Gasteiger partial charge in [0.1, 0.15) is 9.88 Å². The van der Waals surface area contributed by atoms with Crippen LogP contribution in [-0.2, 0) is 0 Å². The van der Waals surface area contributed by atoms with Crippen LogP contribution >= 0.6 is 11.3 Å². The lowest BCUT2D eigenvalue weighted by molar-refractivity contribution is 0.0700. The molecule has 1 aromatic heterocycles. The third-order valence-corrected chi connectivity index (χ3v) is 4.55. The van der Waals surface area contributed by atoms with Crippen LogP contribution < -0.4 is 9.47 Å². The zero-order valence-electron chi connectivity index (χ0n) is 11.8. The number of nitrogens with zero attached hydrogens (tertiary/aromatic N) is 1. The first-order valence-electron chi connectivity index (χ1n) is 6.60. The Morgan fingerprint density at radius 1 is 1.29 bits per heavy atom. The molecule has 2 aromatic rings. The minimum atomic E-state index is -0.902. The van der Waals surface area contributed by atoms with Crippen LogP contribution in [0.4, 0.5) is 0 Å². The van der Waals surface area contributed by atoms with Crippen molar-refractivity contribution in [2.45, 2.75) is 18.8 Å². The fourth-order valence-corrected chi connectivity index (χ4v) is 3.20. The molecule has 1 aliphatic carbocycles. The number of carboxylic acid groups (broad SMARTS) is 1. The molecule has 1 saturated carbocycles. The molecule has 110 valence electrons. The van der Waals surface area contributed by atoms with Crippen molar-refractivity contribution in [1.82, 2.24) is 4.98 Å². The van der Waals surface area contributed by atoms with Gasteiger partial charge in [-0.3, -0.25) is 0 Å². The minimum Gasteiger partial charge on any atom is -0.493 e. The van der Waals surface area contributed by atoms with Gasteiger partial charge < -0.3 is 14.6 Å². The lowest BCUT2D eigenvalue weighted by atomic mass is 10.2. The molecule has 1 aromatic carbocycles. The number of aromatic nitrogens is 1. The van der Waals surface area contributed by atoms with E-state index in [4.69, 9.17) is 9.47 Å². The van der Waals surface area contributed by atoms with Gasteiger partial charge in [-0.15, -0.1) is 11.3 Å². The maximum atomic E-state index is 11.3. The molecule has 0 aliphatic heterocycles. The van der Waals surface area contributed by atoms with Crippen LogP contribution in [0.2, 0.25) is 0 Å². The van der Waals surface area contributed by atoms with Gasteiger partial charge >= 0.3 is 5.97 Å². The molecule has 1 heterocycles. The average Bonchev–Trinajstić information content (AvgIpc) is 3.24. The number of thiazole rings is 1. The lowest BCUT2D eigenvalue weighted by Crippen LogP contribution is -1.97. The number of methoxy groups -OCH3 is 2. The Kier molecular flexibility index (Phi) is 3.55. The molecule has 21 heavy (non-hydrogen) atoms. The molecule has 0 unspecified atom stereocenters. The summed E-state index contributed by atoms with van der Waals surface area (Å²) in [7, 11) is 3.15. The number of carbonyl (C=O) groups is 1. The lowest BCUT2D eigenvalue weighted by Gasteiger charge is -2.08. The highest BCUT2D eigenvalue weighted by molar-refractivity contribution is 7.17. The van der Waals surface area contributed by atoms with E-state index in [1.165, 1.54) is 11.3 Å². The molecule has 1 fully saturated rings. The topological polar surface area (TPSA) is 68.7 Å². The highest BCUT2D eigenvalue weighted by Gasteiger charge is 2.32. The molecule has 0 spiro atoms. The van der Waals surface area contributed by atoms with E-state index in [0.717, 1.165) is 24.1 Å². The fourth-order valence-electron chi connectivity index (χ4n) is 2.21. The van der Waals surface area contributed by atoms with Crippen molar-refractivity contribution in [1.29, 1.82) is 0 Å². The second-order valence-electron chi connectivity index (χ2n) is 4.88. The van der Waals surface area contributed by atoms with Gasteiger partial charge in [0.05, 0.1) is 19.9 Å². The first-order valence-corrected chi connectivity index (χ1v) is 7.42. The Balaban J connectivity index is 2.04. The molecule has 0 bridgehead atoms. The SMILES string of the molecule is COc1ccc(-c2nc(C3CC3)c(C(=O)O)s2)cc1OC. The van der Waals surface area contributed by atoms with Crippen molar-refractivity contribution in [3.05, 3.63) is 28.8 Å². The van der Waals surface area contributed by atoms with Crippen LogP contribution in [0.25, 0.3) is 10.6 Å². The summed E-state index contributed by atoms with van der Waals surface area (Å²) in [5, 5.41) is 10.0. The van der Waals surface area contributed by atoms with Gasteiger partial charge in [0, 0.05) is 11.5 Å². The van der Waals surface area contributed by atoms with Crippen LogP contribution in [0, 0.1) is 0 Å². The molecule has 0 atom stereocenters. The maximum absolute atomic E-state index is 11.3. The quantitative estimate of drug-likeness (QED) is 0.917. The van der Waals surface area contributed by atoms with E-state index < -0.39 is 5.97 Å². The molecule has 3 rings (SSSR count). The second kappa shape index (κ2) is 5.37. The largest absolute Gasteiger partial charge is 0.493 e. The zero-order valence-corrected chi connectivity index (χ0v) is 12.6. The Bertz CT molecular complexity index is 691. The molecule has 0 radical (unpaired) electrons. The van der Waals surface area contributed by atoms with Crippen LogP contribution in [0.3, 0.4) is 0 Å². The van der Waals surface area contributed by atoms with Gasteiger partial charge in [-0.25, -0.2) is 9.78 Å². The summed E-state index contributed by atoms with van der Waals surface area (Å²) < 4.78 is 10.5. The van der Waals surface area contributed by atoms with Crippen LogP contribution in [-0.4, -0.2) is 30.3 Å². The van der Waals surface area contributed by atoms with Crippen LogP contribution in [0.15, 0.2) is 18.2 Å². The number of hydrogen-bond donors (Lipinski definition) is 1. The van der Waals surface area contributed by atoms with E-state index in [1.807, 2.05) is 12.1 Å². The second-order valence-corrected chi connectivity index (χ2v) is 5.88. The molecular weight excluding hydrogens is 290 g/mol. The van der Waals surface area contributed by atoms with Gasteiger partial charge in [0.15, 0.2) is 11.5 Å². The molecular formula is C15H15NO4S. The molecule has 1 aliphatic rings. The normalized spacial score (nSPS) is 14.0. The van der Waals surface area contributed by atoms with Gasteiger partial charge in [0.25, 0.3) is 0 Å². The number of benzene rings is 1. The summed E-state index contributed by atoms with van der Waals surface area (Å²) in [5.41, 5.74) is 1.56. The van der Waals surface area contributed by atoms with Gasteiger partial charge in [-0.1, -0.05) is 0 Å². The van der Waals surface area contributed by atoms with Gasteiger partial charge in [0.2, 0.25) is 0 Å². The van der Waals surface area contributed by atoms with E-state index in [9.17, 15) is 9.90 Å². The maximum Gasteiger partial charge on any atom is 0.347 e. The molecule has 6 heteroatoms. The summed E-state index contributed by atoms with van der Waals surface area (Å²) in [4.78, 5) is 16.2. The van der Waals surface area contributed by atoms with Crippen molar-refractivity contribution >= 4 is 17.3 Å². The Hall–Kier alpha value is -2.08. The standard InChI is InChI=1S/C15H15NO4S/c1-19-10-6-5-9(7-11(10)20-2)14-16-12(8-3-4-8)13(21-14)15(17)18/h5-8H,3-4H2,1-2H3,(H,17,18). The molecule has 0 saturated heterocycles. The minimum absolute atomic E-state index is 0.307. The van der Waals surface area contributed by atoms with Crippen molar-refractivity contribution in [2.24, 2.45) is 0 Å². The first-order chi connectivity index (χ1) is 10.1.